The molecule has 0 amide bonds. The highest BCUT2D eigenvalue weighted by atomic mass is 16.3. The van der Waals surface area contributed by atoms with Crippen LogP contribution in [-0.2, 0) is 0 Å². The second-order valence-corrected chi connectivity index (χ2v) is 4.69. The molecule has 2 fully saturated rings. The molecule has 0 radical (unpaired) electrons. The van der Waals surface area contributed by atoms with Crippen LogP contribution in [0.25, 0.3) is 0 Å². The van der Waals surface area contributed by atoms with E-state index in [4.69, 9.17) is 0 Å². The molecule has 1 saturated heterocycles. The smallest absolute Gasteiger partial charge is 0.0650 e. The van der Waals surface area contributed by atoms with Crippen molar-refractivity contribution in [3.05, 3.63) is 0 Å². The number of aliphatic hydroxyl groups is 1. The summed E-state index contributed by atoms with van der Waals surface area (Å²) in [4.78, 5) is 2.56. The first kappa shape index (κ1) is 9.47. The fraction of sp³-hybridized carbons (Fsp3) is 1.00. The van der Waals surface area contributed by atoms with Crippen molar-refractivity contribution in [3.8, 4) is 0 Å². The highest BCUT2D eigenvalue weighted by Crippen LogP contribution is 2.40. The largest absolute Gasteiger partial charge is 0.390 e. The van der Waals surface area contributed by atoms with Gasteiger partial charge in [0.1, 0.15) is 0 Å². The zero-order valence-corrected chi connectivity index (χ0v) is 8.63. The molecule has 0 aromatic heterocycles. The van der Waals surface area contributed by atoms with Crippen molar-refractivity contribution in [2.24, 2.45) is 0 Å². The fourth-order valence-electron chi connectivity index (χ4n) is 2.47. The maximum absolute atomic E-state index is 9.73. The molecule has 0 bridgehead atoms. The maximum Gasteiger partial charge on any atom is 0.0650 e. The Balaban J connectivity index is 1.73. The molecule has 1 saturated carbocycles. The summed E-state index contributed by atoms with van der Waals surface area (Å²) in [6, 6.07) is 0.773. The van der Waals surface area contributed by atoms with Crippen LogP contribution in [0, 0.1) is 0 Å². The standard InChI is InChI=1S/C11H21NO/c1-2-12-9-3-4-10(12)5-6-11(13)7-8-11/h10,13H,2-9H2,1H3. The lowest BCUT2D eigenvalue weighted by molar-refractivity contribution is 0.123. The van der Waals surface area contributed by atoms with E-state index < -0.39 is 0 Å². The van der Waals surface area contributed by atoms with Gasteiger partial charge in [-0.15, -0.1) is 0 Å². The van der Waals surface area contributed by atoms with Gasteiger partial charge >= 0.3 is 0 Å². The van der Waals surface area contributed by atoms with Crippen molar-refractivity contribution >= 4 is 0 Å². The average Bonchev–Trinajstić information content (AvgIpc) is 2.69. The first-order valence-electron chi connectivity index (χ1n) is 5.70. The van der Waals surface area contributed by atoms with Crippen LogP contribution in [0.1, 0.15) is 45.4 Å². The minimum Gasteiger partial charge on any atom is -0.390 e. The summed E-state index contributed by atoms with van der Waals surface area (Å²) in [6.07, 6.45) is 7.05. The van der Waals surface area contributed by atoms with Crippen molar-refractivity contribution in [3.63, 3.8) is 0 Å². The Hall–Kier alpha value is -0.0800. The van der Waals surface area contributed by atoms with Crippen LogP contribution in [0.4, 0.5) is 0 Å². The van der Waals surface area contributed by atoms with Gasteiger partial charge in [-0.1, -0.05) is 6.92 Å². The van der Waals surface area contributed by atoms with Gasteiger partial charge in [0.2, 0.25) is 0 Å². The Morgan fingerprint density at radius 2 is 2.23 bits per heavy atom. The summed E-state index contributed by atoms with van der Waals surface area (Å²) in [5, 5.41) is 9.73. The first-order chi connectivity index (χ1) is 6.23. The van der Waals surface area contributed by atoms with Crippen LogP contribution >= 0.6 is 0 Å². The molecule has 1 aliphatic heterocycles. The van der Waals surface area contributed by atoms with Crippen LogP contribution in [0.2, 0.25) is 0 Å². The van der Waals surface area contributed by atoms with Gasteiger partial charge in [0.15, 0.2) is 0 Å². The predicted molar refractivity (Wildman–Crippen MR) is 53.7 cm³/mol. The molecule has 0 spiro atoms. The van der Waals surface area contributed by atoms with Crippen LogP contribution in [0.5, 0.6) is 0 Å². The van der Waals surface area contributed by atoms with Crippen LogP contribution in [0.15, 0.2) is 0 Å². The molecule has 2 rings (SSSR count). The maximum atomic E-state index is 9.73. The minimum atomic E-state index is -0.234. The molecule has 0 aromatic carbocycles. The molecule has 1 N–H and O–H groups in total. The number of hydrogen-bond acceptors (Lipinski definition) is 2. The fourth-order valence-corrected chi connectivity index (χ4v) is 2.47. The van der Waals surface area contributed by atoms with E-state index in [-0.39, 0.29) is 5.60 Å². The van der Waals surface area contributed by atoms with Gasteiger partial charge < -0.3 is 10.0 Å². The van der Waals surface area contributed by atoms with Crippen molar-refractivity contribution in [2.45, 2.75) is 57.1 Å². The summed E-state index contributed by atoms with van der Waals surface area (Å²) in [5.74, 6) is 0. The predicted octanol–water partition coefficient (Wildman–Crippen LogP) is 1.78. The minimum absolute atomic E-state index is 0.234. The lowest BCUT2D eigenvalue weighted by Gasteiger charge is -2.23. The number of likely N-dealkylation sites (tertiary alicyclic amines) is 1. The quantitative estimate of drug-likeness (QED) is 0.718. The van der Waals surface area contributed by atoms with Crippen molar-refractivity contribution in [1.29, 1.82) is 0 Å². The summed E-state index contributed by atoms with van der Waals surface area (Å²) in [5.41, 5.74) is -0.234. The van der Waals surface area contributed by atoms with Gasteiger partial charge in [0.25, 0.3) is 0 Å². The Labute approximate surface area is 80.9 Å². The number of hydrogen-bond donors (Lipinski definition) is 1. The van der Waals surface area contributed by atoms with E-state index in [1.54, 1.807) is 0 Å². The zero-order chi connectivity index (χ0) is 9.31. The molecule has 13 heavy (non-hydrogen) atoms. The topological polar surface area (TPSA) is 23.5 Å². The van der Waals surface area contributed by atoms with Crippen LogP contribution < -0.4 is 0 Å². The highest BCUT2D eigenvalue weighted by molar-refractivity contribution is 4.94. The van der Waals surface area contributed by atoms with Gasteiger partial charge in [0.05, 0.1) is 5.60 Å². The monoisotopic (exact) mass is 183 g/mol. The summed E-state index contributed by atoms with van der Waals surface area (Å²) >= 11 is 0. The van der Waals surface area contributed by atoms with Gasteiger partial charge in [0, 0.05) is 6.04 Å². The Morgan fingerprint density at radius 1 is 1.46 bits per heavy atom. The normalized spacial score (nSPS) is 32.3. The Morgan fingerprint density at radius 3 is 2.85 bits per heavy atom. The van der Waals surface area contributed by atoms with E-state index >= 15 is 0 Å². The molecule has 2 nitrogen and oxygen atoms in total. The molecule has 1 heterocycles. The number of nitrogens with zero attached hydrogens (tertiary/aromatic N) is 1. The van der Waals surface area contributed by atoms with Crippen LogP contribution in [0.3, 0.4) is 0 Å². The van der Waals surface area contributed by atoms with E-state index in [0.29, 0.717) is 0 Å². The number of rotatable bonds is 4. The molecule has 0 aromatic rings. The third-order valence-electron chi connectivity index (χ3n) is 3.68. The van der Waals surface area contributed by atoms with Gasteiger partial charge in [-0.25, -0.2) is 0 Å². The van der Waals surface area contributed by atoms with E-state index in [9.17, 15) is 5.11 Å². The molecule has 2 aliphatic rings. The van der Waals surface area contributed by atoms with E-state index in [2.05, 4.69) is 11.8 Å². The lowest BCUT2D eigenvalue weighted by atomic mass is 10.0. The lowest BCUT2D eigenvalue weighted by Crippen LogP contribution is -2.30. The molecule has 76 valence electrons. The average molecular weight is 183 g/mol. The third-order valence-corrected chi connectivity index (χ3v) is 3.68. The van der Waals surface area contributed by atoms with E-state index in [1.807, 2.05) is 0 Å². The molecule has 2 heteroatoms. The third kappa shape index (κ3) is 2.23. The molecule has 1 aliphatic carbocycles. The molecule has 1 unspecified atom stereocenters. The van der Waals surface area contributed by atoms with Crippen LogP contribution in [-0.4, -0.2) is 34.7 Å². The summed E-state index contributed by atoms with van der Waals surface area (Å²) < 4.78 is 0. The van der Waals surface area contributed by atoms with Crippen molar-refractivity contribution in [1.82, 2.24) is 4.90 Å². The summed E-state index contributed by atoms with van der Waals surface area (Å²) in [7, 11) is 0. The van der Waals surface area contributed by atoms with E-state index in [1.165, 1.54) is 32.4 Å². The van der Waals surface area contributed by atoms with Crippen molar-refractivity contribution < 1.29 is 5.11 Å². The van der Waals surface area contributed by atoms with Gasteiger partial charge in [-0.3, -0.25) is 0 Å². The van der Waals surface area contributed by atoms with Gasteiger partial charge in [-0.2, -0.15) is 0 Å². The van der Waals surface area contributed by atoms with Gasteiger partial charge in [-0.05, 0) is 51.6 Å². The Kier molecular flexibility index (Phi) is 2.61. The molecule has 1 atom stereocenters. The first-order valence-corrected chi connectivity index (χ1v) is 5.70. The second kappa shape index (κ2) is 3.58. The van der Waals surface area contributed by atoms with Crippen molar-refractivity contribution in [2.75, 3.05) is 13.1 Å². The summed E-state index contributed by atoms with van der Waals surface area (Å²) in [6.45, 7) is 4.70. The van der Waals surface area contributed by atoms with E-state index in [0.717, 1.165) is 25.3 Å². The second-order valence-electron chi connectivity index (χ2n) is 4.69. The molecular weight excluding hydrogens is 162 g/mol. The highest BCUT2D eigenvalue weighted by Gasteiger charge is 2.40. The molecular formula is C11H21NO. The Bertz CT molecular complexity index is 177. The SMILES string of the molecule is CCN1CCCC1CCC1(O)CC1. The zero-order valence-electron chi connectivity index (χ0n) is 8.63.